The second-order valence-electron chi connectivity index (χ2n) is 13.5. The zero-order valence-electron chi connectivity index (χ0n) is 31.6. The highest BCUT2D eigenvalue weighted by Gasteiger charge is 2.52. The number of rotatable bonds is 15. The van der Waals surface area contributed by atoms with Gasteiger partial charge in [-0.05, 0) is 24.3 Å². The number of nitrogens with one attached hydrogen (secondary N) is 2. The van der Waals surface area contributed by atoms with Crippen LogP contribution >= 0.6 is 7.82 Å². The number of alkyl halides is 2. The van der Waals surface area contributed by atoms with E-state index in [9.17, 15) is 19.8 Å². The molecule has 4 aromatic heterocycles. The van der Waals surface area contributed by atoms with Gasteiger partial charge < -0.3 is 35.2 Å². The number of nitrogens with zero attached hydrogens (tertiary/aromatic N) is 9. The lowest BCUT2D eigenvalue weighted by Gasteiger charge is -2.34. The van der Waals surface area contributed by atoms with Gasteiger partial charge in [0, 0.05) is 11.1 Å². The first-order valence-corrected chi connectivity index (χ1v) is 20.1. The Bertz CT molecular complexity index is 2560. The average molecular weight is 857 g/mol. The highest BCUT2D eigenvalue weighted by molar-refractivity contribution is 7.85. The van der Waals surface area contributed by atoms with Crippen LogP contribution in [-0.2, 0) is 23.0 Å². The zero-order chi connectivity index (χ0) is 42.7. The molecule has 2 aliphatic heterocycles. The van der Waals surface area contributed by atoms with Crippen molar-refractivity contribution in [2.45, 2.75) is 49.2 Å². The first-order valence-electron chi connectivity index (χ1n) is 18.5. The van der Waals surface area contributed by atoms with Gasteiger partial charge >= 0.3 is 0 Å². The molecule has 0 saturated carbocycles. The Morgan fingerprint density at radius 1 is 0.803 bits per heavy atom. The highest BCUT2D eigenvalue weighted by atomic mass is 31.2. The summed E-state index contributed by atoms with van der Waals surface area (Å²) in [6.07, 6.45) is -8.56. The van der Waals surface area contributed by atoms with Gasteiger partial charge in [-0.3, -0.25) is 18.7 Å². The van der Waals surface area contributed by atoms with Crippen LogP contribution < -0.4 is 10.6 Å². The van der Waals surface area contributed by atoms with Gasteiger partial charge in [-0.15, -0.1) is 0 Å². The van der Waals surface area contributed by atoms with Crippen molar-refractivity contribution in [3.05, 3.63) is 109 Å². The molecule has 0 bridgehead atoms. The summed E-state index contributed by atoms with van der Waals surface area (Å²) in [4.78, 5) is 54.1. The van der Waals surface area contributed by atoms with E-state index >= 15 is 8.78 Å². The minimum Gasteiger partial charge on any atom is -0.394 e. The van der Waals surface area contributed by atoms with Gasteiger partial charge in [0.25, 0.3) is 11.8 Å². The number of carbonyl (C=O) groups excluding carboxylic acids is 2. The van der Waals surface area contributed by atoms with E-state index in [0.717, 1.165) is 12.7 Å². The normalized spacial score (nSPS) is 24.7. The molecular weight excluding hydrogens is 822 g/mol. The number of amides is 2. The molecule has 6 aromatic rings. The number of carbonyl (C=O) groups is 2. The predicted octanol–water partition coefficient (Wildman–Crippen LogP) is 3.18. The zero-order valence-corrected chi connectivity index (χ0v) is 32.5. The fourth-order valence-electron chi connectivity index (χ4n) is 6.72. The van der Waals surface area contributed by atoms with Crippen LogP contribution in [0.3, 0.4) is 0 Å². The third kappa shape index (κ3) is 8.52. The number of aromatic nitrogens is 8. The molecule has 2 amide bonds. The van der Waals surface area contributed by atoms with Gasteiger partial charge in [0.15, 0.2) is 71.5 Å². The standard InChI is InChI=1S/C37H33BF2N11O9P/c1-41-12-13-56-61(38,57-15-23-24(39)28(53)37(59-23)51-19-47-27-31(43-17-45-33(27)51)49-35(55)21-10-6-3-7-11-21)60-29-22(14-52)58-36(25(29)40)50-18-46-26-30(42-16-44-32(26)50)48-34(54)20-8-4-2-5-9-20/h2-11,16-19,22-25,28-29,36-37,52-53H,12-15H2,(H-,42,43,44,45,48,49,54,55)/q-1/p+1/t22-,23?,24?,25?,28?,29+,36-,37?,61?/m1/s1. The SMILES string of the molecule is [B-][P+](OCC[N+]#[C-])(OCC1OC(n2cnc3c(NC(=O)c4ccccc4)ncnc32)C(O)C1F)O[C@@H]1C(F)[C@H](n2cnc3c(NC(=O)c4ccccc4)ncnc32)O[C@@H]1CO. The maximum atomic E-state index is 16.5. The Labute approximate surface area is 346 Å². The smallest absolute Gasteiger partial charge is 0.256 e. The van der Waals surface area contributed by atoms with Crippen molar-refractivity contribution in [1.82, 2.24) is 39.0 Å². The van der Waals surface area contributed by atoms with Crippen molar-refractivity contribution in [1.29, 1.82) is 0 Å². The number of halogens is 2. The maximum absolute atomic E-state index is 16.5. The molecule has 0 spiro atoms. The Morgan fingerprint density at radius 3 is 1.89 bits per heavy atom. The van der Waals surface area contributed by atoms with Crippen molar-refractivity contribution in [3.63, 3.8) is 0 Å². The van der Waals surface area contributed by atoms with Crippen molar-refractivity contribution in [3.8, 4) is 0 Å². The summed E-state index contributed by atoms with van der Waals surface area (Å²) in [5, 5.41) is 26.6. The minimum atomic E-state index is -4.18. The lowest BCUT2D eigenvalue weighted by molar-refractivity contribution is -0.0551. The van der Waals surface area contributed by atoms with Crippen LogP contribution in [0.1, 0.15) is 33.2 Å². The number of benzene rings is 2. The summed E-state index contributed by atoms with van der Waals surface area (Å²) >= 11 is 0. The molecule has 2 saturated heterocycles. The fourth-order valence-corrected chi connectivity index (χ4v) is 8.20. The van der Waals surface area contributed by atoms with E-state index < -0.39 is 82.1 Å². The number of hydrogen-bond acceptors (Lipinski definition) is 15. The molecule has 2 aromatic carbocycles. The molecule has 4 N–H and O–H groups in total. The molecule has 24 heteroatoms. The molecule has 6 heterocycles. The molecule has 20 nitrogen and oxygen atoms in total. The quantitative estimate of drug-likeness (QED) is 0.0503. The second-order valence-corrected chi connectivity index (χ2v) is 15.4. The van der Waals surface area contributed by atoms with Gasteiger partial charge in [-0.25, -0.2) is 58.8 Å². The predicted molar refractivity (Wildman–Crippen MR) is 211 cm³/mol. The topological polar surface area (TPSA) is 236 Å². The summed E-state index contributed by atoms with van der Waals surface area (Å²) in [5.41, 5.74) is 1.15. The summed E-state index contributed by atoms with van der Waals surface area (Å²) in [6, 6.07) is 16.8. The summed E-state index contributed by atoms with van der Waals surface area (Å²) < 4.78 is 63.9. The van der Waals surface area contributed by atoms with Crippen LogP contribution in [-0.4, -0.2) is 132 Å². The summed E-state index contributed by atoms with van der Waals surface area (Å²) in [5.74, 6) is -0.824. The number of hydrogen-bond donors (Lipinski definition) is 4. The van der Waals surface area contributed by atoms with E-state index in [0.29, 0.717) is 11.1 Å². The third-order valence-electron chi connectivity index (χ3n) is 9.70. The molecule has 2 fully saturated rings. The fraction of sp³-hybridized carbons (Fsp3) is 0.324. The molecule has 313 valence electrons. The van der Waals surface area contributed by atoms with Crippen molar-refractivity contribution >= 4 is 61.2 Å². The molecule has 2 aliphatic rings. The van der Waals surface area contributed by atoms with E-state index in [1.54, 1.807) is 60.7 Å². The maximum Gasteiger partial charge on any atom is 0.256 e. The minimum absolute atomic E-state index is 0.0465. The van der Waals surface area contributed by atoms with Gasteiger partial charge in [-0.1, -0.05) is 36.4 Å². The monoisotopic (exact) mass is 856 g/mol. The summed E-state index contributed by atoms with van der Waals surface area (Å²) in [6.45, 7) is 5.20. The van der Waals surface area contributed by atoms with E-state index in [1.165, 1.54) is 21.8 Å². The lowest BCUT2D eigenvalue weighted by Crippen LogP contribution is -2.36. The number of fused-ring (bicyclic) bond motifs is 2. The largest absolute Gasteiger partial charge is 0.394 e. The number of ether oxygens (including phenoxy) is 2. The molecule has 0 aliphatic carbocycles. The first-order chi connectivity index (χ1) is 29.6. The van der Waals surface area contributed by atoms with Gasteiger partial charge in [0.1, 0.15) is 45.4 Å². The average Bonchev–Trinajstić information content (AvgIpc) is 4.05. The van der Waals surface area contributed by atoms with E-state index in [-0.39, 0.29) is 47.1 Å². The molecule has 9 atom stereocenters. The third-order valence-corrected chi connectivity index (χ3v) is 11.3. The summed E-state index contributed by atoms with van der Waals surface area (Å²) in [7, 11) is 2.29. The van der Waals surface area contributed by atoms with Crippen LogP contribution in [0.25, 0.3) is 27.2 Å². The highest BCUT2D eigenvalue weighted by Crippen LogP contribution is 2.61. The van der Waals surface area contributed by atoms with Gasteiger partial charge in [-0.2, -0.15) is 7.57 Å². The van der Waals surface area contributed by atoms with E-state index in [1.807, 2.05) is 0 Å². The molecule has 61 heavy (non-hydrogen) atoms. The second kappa shape index (κ2) is 17.9. The van der Waals surface area contributed by atoms with Crippen LogP contribution in [0.4, 0.5) is 20.4 Å². The molecule has 3 radical (unpaired) electrons. The number of imidazole rings is 2. The Morgan fingerprint density at radius 2 is 1.34 bits per heavy atom. The van der Waals surface area contributed by atoms with Crippen molar-refractivity contribution < 1.29 is 51.6 Å². The molecular formula is C37H34BF2N11O9P. The molecule has 8 rings (SSSR count). The number of aliphatic hydroxyl groups is 2. The van der Waals surface area contributed by atoms with Crippen LogP contribution in [0, 0.1) is 6.57 Å². The first kappa shape index (κ1) is 41.8. The van der Waals surface area contributed by atoms with Gasteiger partial charge in [0.05, 0.1) is 19.3 Å². The van der Waals surface area contributed by atoms with Crippen LogP contribution in [0.2, 0.25) is 0 Å². The Kier molecular flexibility index (Phi) is 12.3. The number of aliphatic hydroxyl groups excluding tert-OH is 2. The Balaban J connectivity index is 0.969. The van der Waals surface area contributed by atoms with Crippen molar-refractivity contribution in [2.75, 3.05) is 37.0 Å². The van der Waals surface area contributed by atoms with Crippen molar-refractivity contribution in [2.24, 2.45) is 0 Å². The van der Waals surface area contributed by atoms with Crippen LogP contribution in [0.15, 0.2) is 86.0 Å². The lowest BCUT2D eigenvalue weighted by atomic mass is 10.1. The van der Waals surface area contributed by atoms with E-state index in [2.05, 4.69) is 45.4 Å². The number of anilines is 2. The van der Waals surface area contributed by atoms with E-state index in [4.69, 9.17) is 37.2 Å². The Hall–Kier alpha value is -5.96. The van der Waals surface area contributed by atoms with Gasteiger partial charge in [0.2, 0.25) is 6.54 Å². The van der Waals surface area contributed by atoms with Crippen LogP contribution in [0.5, 0.6) is 0 Å². The molecule has 6 unspecified atom stereocenters.